The van der Waals surface area contributed by atoms with Crippen LogP contribution >= 0.6 is 0 Å². The van der Waals surface area contributed by atoms with Crippen LogP contribution < -0.4 is 9.80 Å². The lowest BCUT2D eigenvalue weighted by Gasteiger charge is -2.41. The van der Waals surface area contributed by atoms with Crippen LogP contribution in [-0.4, -0.2) is 0 Å². The van der Waals surface area contributed by atoms with Crippen molar-refractivity contribution in [2.75, 3.05) is 9.80 Å². The third-order valence-corrected chi connectivity index (χ3v) is 15.2. The van der Waals surface area contributed by atoms with Crippen molar-refractivity contribution in [3.63, 3.8) is 0 Å². The van der Waals surface area contributed by atoms with E-state index in [0.29, 0.717) is 78.8 Å². The summed E-state index contributed by atoms with van der Waals surface area (Å²) >= 11 is 0. The van der Waals surface area contributed by atoms with Gasteiger partial charge in [-0.3, -0.25) is 0 Å². The van der Waals surface area contributed by atoms with E-state index in [1.165, 1.54) is 9.80 Å². The number of fused-ring (bicyclic) bond motifs is 11. The summed E-state index contributed by atoms with van der Waals surface area (Å²) in [5.74, 6) is 0. The fraction of sp³-hybridized carbons (Fsp3) is 0.0769. The van der Waals surface area contributed by atoms with Crippen molar-refractivity contribution < 1.29 is 52.7 Å². The minimum Gasteiger partial charge on any atom is -0.310 e. The van der Waals surface area contributed by atoms with Crippen LogP contribution in [0, 0.1) is 0 Å². The van der Waals surface area contributed by atoms with Crippen molar-refractivity contribution in [2.24, 2.45) is 0 Å². The van der Waals surface area contributed by atoms with E-state index in [4.69, 9.17) is 0 Å². The largest absolute Gasteiger partial charge is 0.416 e. The molecule has 0 saturated heterocycles. The van der Waals surface area contributed by atoms with Crippen molar-refractivity contribution in [1.29, 1.82) is 0 Å². The van der Waals surface area contributed by atoms with Crippen LogP contribution in [0.2, 0.25) is 0 Å². The molecular weight excluding hydrogens is 1040 g/mol. The molecule has 11 aromatic rings. The van der Waals surface area contributed by atoms with E-state index >= 15 is 0 Å². The third-order valence-electron chi connectivity index (χ3n) is 15.2. The summed E-state index contributed by atoms with van der Waals surface area (Å²) in [7, 11) is 0. The average molecular weight is 1070 g/mol. The summed E-state index contributed by atoms with van der Waals surface area (Å²) in [4.78, 5) is 2.82. The lowest BCUT2D eigenvalue weighted by Crippen LogP contribution is -2.32. The van der Waals surface area contributed by atoms with Gasteiger partial charge in [0.15, 0.2) is 0 Å². The van der Waals surface area contributed by atoms with Crippen molar-refractivity contribution in [2.45, 2.75) is 30.1 Å². The zero-order valence-corrected chi connectivity index (χ0v) is 40.7. The summed E-state index contributed by atoms with van der Waals surface area (Å²) in [5.41, 5.74) is -1.53. The smallest absolute Gasteiger partial charge is 0.310 e. The van der Waals surface area contributed by atoms with E-state index in [1.807, 2.05) is 54.6 Å². The predicted molar refractivity (Wildman–Crippen MR) is 285 cm³/mol. The fourth-order valence-corrected chi connectivity index (χ4v) is 12.1. The Balaban J connectivity index is 1.14. The molecule has 0 radical (unpaired) electrons. The molecule has 14 heteroatoms. The van der Waals surface area contributed by atoms with Gasteiger partial charge in [-0.15, -0.1) is 0 Å². The maximum atomic E-state index is 14.8. The zero-order valence-electron chi connectivity index (χ0n) is 40.7. The first-order chi connectivity index (χ1) is 37.7. The summed E-state index contributed by atoms with van der Waals surface area (Å²) in [6.45, 7) is 0. The van der Waals surface area contributed by atoms with Gasteiger partial charge in [-0.2, -0.15) is 52.7 Å². The lowest BCUT2D eigenvalue weighted by molar-refractivity contribution is -0.144. The van der Waals surface area contributed by atoms with Crippen LogP contribution in [0.4, 0.5) is 86.8 Å². The lowest BCUT2D eigenvalue weighted by atomic mass is 9.61. The van der Waals surface area contributed by atoms with Gasteiger partial charge in [0.1, 0.15) is 0 Å². The highest BCUT2D eigenvalue weighted by atomic mass is 19.4. The average Bonchev–Trinajstić information content (AvgIpc) is 2.22. The first kappa shape index (κ1) is 49.5. The van der Waals surface area contributed by atoms with E-state index in [-0.39, 0.29) is 34.9 Å². The minimum absolute atomic E-state index is 0.0918. The molecule has 390 valence electrons. The quantitative estimate of drug-likeness (QED) is 0.153. The van der Waals surface area contributed by atoms with Crippen LogP contribution in [-0.2, 0) is 30.1 Å². The molecule has 0 saturated carbocycles. The number of rotatable bonds is 6. The van der Waals surface area contributed by atoms with Gasteiger partial charge in [0, 0.05) is 33.2 Å². The van der Waals surface area contributed by atoms with Crippen molar-refractivity contribution in [3.05, 3.63) is 263 Å². The normalized spacial score (nSPS) is 13.7. The van der Waals surface area contributed by atoms with E-state index in [9.17, 15) is 52.7 Å². The van der Waals surface area contributed by atoms with E-state index in [2.05, 4.69) is 0 Å². The van der Waals surface area contributed by atoms with Gasteiger partial charge < -0.3 is 9.80 Å². The molecule has 0 bridgehead atoms. The summed E-state index contributed by atoms with van der Waals surface area (Å²) in [5, 5.41) is 3.43. The van der Waals surface area contributed by atoms with Crippen molar-refractivity contribution >= 4 is 66.4 Å². The van der Waals surface area contributed by atoms with E-state index in [0.717, 1.165) is 22.3 Å². The van der Waals surface area contributed by atoms with Gasteiger partial charge in [-0.1, -0.05) is 152 Å². The Morgan fingerprint density at radius 1 is 0.266 bits per heavy atom. The number of nitrogens with zero attached hydrogens (tertiary/aromatic N) is 2. The van der Waals surface area contributed by atoms with Crippen molar-refractivity contribution in [3.8, 4) is 22.3 Å². The molecule has 0 fully saturated rings. The number of alkyl halides is 12. The van der Waals surface area contributed by atoms with Crippen LogP contribution in [0.15, 0.2) is 218 Å². The Kier molecular flexibility index (Phi) is 11.0. The maximum absolute atomic E-state index is 14.8. The van der Waals surface area contributed by atoms with Gasteiger partial charge in [0.25, 0.3) is 0 Å². The molecule has 2 aliphatic carbocycles. The molecule has 0 heterocycles. The Labute approximate surface area is 442 Å². The second-order valence-corrected chi connectivity index (χ2v) is 19.6. The molecule has 0 aliphatic heterocycles. The predicted octanol–water partition coefficient (Wildman–Crippen LogP) is 20.5. The van der Waals surface area contributed by atoms with Crippen LogP contribution in [0.3, 0.4) is 0 Å². The number of hydrogen-bond acceptors (Lipinski definition) is 2. The summed E-state index contributed by atoms with van der Waals surface area (Å²) in [6.07, 6.45) is -20.7. The van der Waals surface area contributed by atoms with E-state index < -0.39 is 63.7 Å². The van der Waals surface area contributed by atoms with Gasteiger partial charge in [-0.25, -0.2) is 0 Å². The zero-order chi connectivity index (χ0) is 55.0. The fourth-order valence-electron chi connectivity index (χ4n) is 12.1. The van der Waals surface area contributed by atoms with Crippen LogP contribution in [0.5, 0.6) is 0 Å². The maximum Gasteiger partial charge on any atom is 0.416 e. The number of hydrogen-bond donors (Lipinski definition) is 0. The number of halogens is 12. The highest BCUT2D eigenvalue weighted by Crippen LogP contribution is 2.63. The number of anilines is 6. The third kappa shape index (κ3) is 7.81. The van der Waals surface area contributed by atoms with Gasteiger partial charge >= 0.3 is 24.7 Å². The Hall–Kier alpha value is -9.04. The monoisotopic (exact) mass is 1070 g/mol. The molecule has 2 nitrogen and oxygen atoms in total. The van der Waals surface area contributed by atoms with Crippen molar-refractivity contribution in [1.82, 2.24) is 0 Å². The Bertz CT molecular complexity index is 4180. The molecule has 1 spiro atoms. The molecule has 13 rings (SSSR count). The Morgan fingerprint density at radius 2 is 0.646 bits per heavy atom. The van der Waals surface area contributed by atoms with E-state index in [1.54, 1.807) is 127 Å². The molecule has 0 unspecified atom stereocenters. The molecule has 0 amide bonds. The molecule has 2 aliphatic rings. The van der Waals surface area contributed by atoms with Crippen LogP contribution in [0.25, 0.3) is 54.6 Å². The minimum atomic E-state index is -5.18. The Morgan fingerprint density at radius 3 is 1.16 bits per heavy atom. The first-order valence-electron chi connectivity index (χ1n) is 24.8. The first-order valence-corrected chi connectivity index (χ1v) is 24.8. The topological polar surface area (TPSA) is 6.48 Å². The standard InChI is InChI=1S/C65H36F12N2/c66-62(67,68)39-30-40(63(69,70)71)33-44(32-39)78(57-24-9-14-37-12-1-3-16-46(37)57)43-26-27-50-51-28-29-59(52-20-11-23-55(60(51)52)61(56(50)36-43)53-21-7-5-18-48(53)49-19-6-8-22-54(49)61)79(58-25-10-15-38-13-2-4-17-47(38)58)45-34-41(64(72,73)74)31-42(35-45)65(75,76)77/h1-36H. The molecule has 0 N–H and O–H groups in total. The highest BCUT2D eigenvalue weighted by Gasteiger charge is 2.51. The molecular formula is C65H36F12N2. The summed E-state index contributed by atoms with van der Waals surface area (Å²) in [6, 6.07) is 56.5. The molecule has 79 heavy (non-hydrogen) atoms. The second-order valence-electron chi connectivity index (χ2n) is 19.6. The molecule has 0 atom stereocenters. The molecule has 0 aromatic heterocycles. The second kappa shape index (κ2) is 17.5. The SMILES string of the molecule is FC(F)(F)c1cc(N(c2ccc3c(c2)C2(c4ccccc4-c4ccccc42)c2cccc4c(N(c5cc(C(F)(F)F)cc(C(F)(F)F)c5)c5cccc6ccccc56)ccc-3c24)c2cccc3ccccc23)cc(C(F)(F)F)c1. The van der Waals surface area contributed by atoms with Gasteiger partial charge in [-0.05, 0) is 127 Å². The molecule has 11 aromatic carbocycles. The van der Waals surface area contributed by atoms with Crippen LogP contribution in [0.1, 0.15) is 44.5 Å². The highest BCUT2D eigenvalue weighted by molar-refractivity contribution is 6.14. The summed E-state index contributed by atoms with van der Waals surface area (Å²) < 4.78 is 178. The van der Waals surface area contributed by atoms with Gasteiger partial charge in [0.2, 0.25) is 0 Å². The van der Waals surface area contributed by atoms with Gasteiger partial charge in [0.05, 0.1) is 44.7 Å². The number of benzene rings is 11.